The molecule has 74 valence electrons. The second kappa shape index (κ2) is 4.08. The van der Waals surface area contributed by atoms with Crippen molar-refractivity contribution in [2.75, 3.05) is 5.43 Å². The smallest absolute Gasteiger partial charge is 0.377 e. The topological polar surface area (TPSA) is 92.4 Å². The predicted molar refractivity (Wildman–Crippen MR) is 51.2 cm³/mol. The Labute approximate surface area is 84.4 Å². The molecule has 0 bridgehead atoms. The number of para-hydroxylation sites is 1. The molecule has 0 aliphatic carbocycles. The second-order valence-corrected chi connectivity index (χ2v) is 2.85. The van der Waals surface area contributed by atoms with Crippen molar-refractivity contribution in [1.29, 1.82) is 0 Å². The van der Waals surface area contributed by atoms with Gasteiger partial charge in [-0.25, -0.2) is 4.79 Å². The van der Waals surface area contributed by atoms with Crippen LogP contribution in [0.25, 0.3) is 0 Å². The number of nitrogens with two attached hydrogens (primary N) is 1. The summed E-state index contributed by atoms with van der Waals surface area (Å²) in [6.07, 6.45) is 0. The van der Waals surface area contributed by atoms with Gasteiger partial charge in [-0.3, -0.25) is 10.6 Å². The molecule has 0 unspecified atom stereocenters. The van der Waals surface area contributed by atoms with Crippen molar-refractivity contribution in [1.82, 2.24) is 0 Å². The highest BCUT2D eigenvalue weighted by Gasteiger charge is 2.19. The number of carbonyl (C=O) groups excluding carboxylic acids is 1. The van der Waals surface area contributed by atoms with E-state index >= 15 is 0 Å². The van der Waals surface area contributed by atoms with E-state index in [4.69, 9.17) is 22.6 Å². The Morgan fingerprint density at radius 1 is 1.43 bits per heavy atom. The molecule has 0 aliphatic heterocycles. The zero-order valence-electron chi connectivity index (χ0n) is 6.95. The summed E-state index contributed by atoms with van der Waals surface area (Å²) >= 11 is 5.69. The molecule has 0 radical (unpaired) electrons. The van der Waals surface area contributed by atoms with E-state index in [1.54, 1.807) is 0 Å². The van der Waals surface area contributed by atoms with Crippen LogP contribution in [0.4, 0.5) is 5.69 Å². The first-order valence-corrected chi connectivity index (χ1v) is 3.98. The fourth-order valence-electron chi connectivity index (χ4n) is 0.975. The lowest BCUT2D eigenvalue weighted by molar-refractivity contribution is -0.131. The van der Waals surface area contributed by atoms with Crippen LogP contribution in [0, 0.1) is 0 Å². The van der Waals surface area contributed by atoms with Crippen molar-refractivity contribution in [3.63, 3.8) is 0 Å². The summed E-state index contributed by atoms with van der Waals surface area (Å²) in [4.78, 5) is 21.5. The number of hydrazine groups is 1. The van der Waals surface area contributed by atoms with E-state index < -0.39 is 11.8 Å². The molecule has 1 aromatic carbocycles. The van der Waals surface area contributed by atoms with E-state index in [9.17, 15) is 9.59 Å². The molecule has 0 spiro atoms. The number of ketones is 1. The first kappa shape index (κ1) is 10.5. The van der Waals surface area contributed by atoms with Crippen molar-refractivity contribution < 1.29 is 14.7 Å². The standard InChI is InChI=1S/C8H7ClN2O3/c9-5-3-1-2-4(6(5)11-10)7(12)8(13)14/h1-3,11H,10H2,(H,13,14). The van der Waals surface area contributed by atoms with Crippen molar-refractivity contribution in [3.8, 4) is 0 Å². The minimum absolute atomic E-state index is 0.0625. The molecule has 0 amide bonds. The molecule has 0 fully saturated rings. The highest BCUT2D eigenvalue weighted by molar-refractivity contribution is 6.43. The van der Waals surface area contributed by atoms with Gasteiger partial charge in [-0.2, -0.15) is 0 Å². The van der Waals surface area contributed by atoms with Crippen LogP contribution in [0.15, 0.2) is 18.2 Å². The van der Waals surface area contributed by atoms with Gasteiger partial charge in [0.2, 0.25) is 0 Å². The molecule has 0 aromatic heterocycles. The maximum atomic E-state index is 11.1. The lowest BCUT2D eigenvalue weighted by Crippen LogP contribution is -2.17. The summed E-state index contributed by atoms with van der Waals surface area (Å²) < 4.78 is 0. The molecule has 0 saturated carbocycles. The molecular formula is C8H7ClN2O3. The summed E-state index contributed by atoms with van der Waals surface area (Å²) in [7, 11) is 0. The first-order chi connectivity index (χ1) is 6.57. The second-order valence-electron chi connectivity index (χ2n) is 2.44. The molecular weight excluding hydrogens is 208 g/mol. The van der Waals surface area contributed by atoms with Gasteiger partial charge in [-0.1, -0.05) is 17.7 Å². The predicted octanol–water partition coefficient (Wildman–Crippen LogP) is 0.893. The van der Waals surface area contributed by atoms with Gasteiger partial charge in [0.25, 0.3) is 5.78 Å². The minimum Gasteiger partial charge on any atom is -0.475 e. The lowest BCUT2D eigenvalue weighted by atomic mass is 10.1. The number of rotatable bonds is 3. The molecule has 0 atom stereocenters. The Balaban J connectivity index is 3.27. The number of nitrogens with one attached hydrogen (secondary N) is 1. The number of carbonyl (C=O) groups is 2. The van der Waals surface area contributed by atoms with E-state index in [2.05, 4.69) is 5.43 Å². The molecule has 0 saturated heterocycles. The van der Waals surface area contributed by atoms with E-state index in [1.807, 2.05) is 0 Å². The van der Waals surface area contributed by atoms with E-state index in [0.717, 1.165) is 0 Å². The number of halogens is 1. The summed E-state index contributed by atoms with van der Waals surface area (Å²) in [6, 6.07) is 4.30. The Bertz CT molecular complexity index is 392. The minimum atomic E-state index is -1.55. The number of hydrogen-bond donors (Lipinski definition) is 3. The van der Waals surface area contributed by atoms with Crippen LogP contribution in [0.3, 0.4) is 0 Å². The fraction of sp³-hybridized carbons (Fsp3) is 0. The third-order valence-electron chi connectivity index (χ3n) is 1.60. The quantitative estimate of drug-likeness (QED) is 0.301. The summed E-state index contributed by atoms with van der Waals surface area (Å²) in [5, 5.41) is 8.68. The third-order valence-corrected chi connectivity index (χ3v) is 1.91. The lowest BCUT2D eigenvalue weighted by Gasteiger charge is -2.07. The van der Waals surface area contributed by atoms with Crippen molar-refractivity contribution in [2.45, 2.75) is 0 Å². The number of carboxylic acids is 1. The van der Waals surface area contributed by atoms with Gasteiger partial charge < -0.3 is 10.5 Å². The van der Waals surface area contributed by atoms with Crippen LogP contribution in [0.2, 0.25) is 5.02 Å². The van der Waals surface area contributed by atoms with Crippen LogP contribution in [-0.4, -0.2) is 16.9 Å². The number of aliphatic carboxylic acids is 1. The van der Waals surface area contributed by atoms with Crippen LogP contribution < -0.4 is 11.3 Å². The molecule has 0 aliphatic rings. The third kappa shape index (κ3) is 1.84. The van der Waals surface area contributed by atoms with Gasteiger partial charge in [0.1, 0.15) is 0 Å². The Morgan fingerprint density at radius 2 is 2.07 bits per heavy atom. The van der Waals surface area contributed by atoms with Gasteiger partial charge in [-0.15, -0.1) is 0 Å². The van der Waals surface area contributed by atoms with Gasteiger partial charge in [-0.05, 0) is 12.1 Å². The van der Waals surface area contributed by atoms with Crippen LogP contribution in [-0.2, 0) is 4.79 Å². The van der Waals surface area contributed by atoms with Crippen molar-refractivity contribution in [2.24, 2.45) is 5.84 Å². The van der Waals surface area contributed by atoms with Gasteiger partial charge in [0.15, 0.2) is 0 Å². The van der Waals surface area contributed by atoms with Gasteiger partial charge >= 0.3 is 5.97 Å². The zero-order valence-corrected chi connectivity index (χ0v) is 7.71. The molecule has 1 rings (SSSR count). The van der Waals surface area contributed by atoms with Crippen LogP contribution in [0.5, 0.6) is 0 Å². The number of benzene rings is 1. The molecule has 0 heterocycles. The molecule has 5 nitrogen and oxygen atoms in total. The highest BCUT2D eigenvalue weighted by atomic mass is 35.5. The SMILES string of the molecule is NNc1c(Cl)cccc1C(=O)C(=O)O. The van der Waals surface area contributed by atoms with Gasteiger partial charge in [0.05, 0.1) is 16.3 Å². The first-order valence-electron chi connectivity index (χ1n) is 3.60. The Kier molecular flexibility index (Phi) is 3.06. The molecule has 4 N–H and O–H groups in total. The molecule has 1 aromatic rings. The average Bonchev–Trinajstić information content (AvgIpc) is 2.16. The number of hydrogen-bond acceptors (Lipinski definition) is 4. The van der Waals surface area contributed by atoms with Crippen molar-refractivity contribution in [3.05, 3.63) is 28.8 Å². The zero-order chi connectivity index (χ0) is 10.7. The maximum Gasteiger partial charge on any atom is 0.377 e. The van der Waals surface area contributed by atoms with E-state index in [-0.39, 0.29) is 16.3 Å². The number of anilines is 1. The van der Waals surface area contributed by atoms with Crippen LogP contribution in [0.1, 0.15) is 10.4 Å². The van der Waals surface area contributed by atoms with Crippen LogP contribution >= 0.6 is 11.6 Å². The van der Waals surface area contributed by atoms with Crippen molar-refractivity contribution >= 4 is 29.0 Å². The normalized spacial score (nSPS) is 9.57. The largest absolute Gasteiger partial charge is 0.475 e. The van der Waals surface area contributed by atoms with E-state index in [1.165, 1.54) is 18.2 Å². The number of carboxylic acid groups (broad SMARTS) is 1. The highest BCUT2D eigenvalue weighted by Crippen LogP contribution is 2.25. The summed E-state index contributed by atoms with van der Waals surface area (Å²) in [6.45, 7) is 0. The molecule has 14 heavy (non-hydrogen) atoms. The Hall–Kier alpha value is -1.59. The summed E-state index contributed by atoms with van der Waals surface area (Å²) in [5.74, 6) is 2.50. The number of Topliss-reactive ketones (excluding diaryl/α,β-unsaturated/α-hetero) is 1. The molecule has 6 heteroatoms. The number of nitrogen functional groups attached to an aromatic ring is 1. The maximum absolute atomic E-state index is 11.1. The van der Waals surface area contributed by atoms with E-state index in [0.29, 0.717) is 0 Å². The fourth-order valence-corrected chi connectivity index (χ4v) is 1.20. The summed E-state index contributed by atoms with van der Waals surface area (Å²) in [5.41, 5.74) is 2.23. The van der Waals surface area contributed by atoms with Gasteiger partial charge in [0, 0.05) is 0 Å². The monoisotopic (exact) mass is 214 g/mol. The average molecular weight is 215 g/mol. The Morgan fingerprint density at radius 3 is 2.57 bits per heavy atom.